The predicted molar refractivity (Wildman–Crippen MR) is 102 cm³/mol. The van der Waals surface area contributed by atoms with Crippen molar-refractivity contribution >= 4 is 23.0 Å². The number of rotatable bonds is 2. The molecule has 1 aliphatic carbocycles. The molecule has 1 heterocycles. The quantitative estimate of drug-likeness (QED) is 0.406. The summed E-state index contributed by atoms with van der Waals surface area (Å²) >= 11 is 5.11. The second-order valence-corrected chi connectivity index (χ2v) is 6.09. The standard InChI is InChI=1S/C15H13FN3S.C5H5.Fe/c16-12-7-5-10(6-8-12)13-9-14(11-3-1-2-4-11)19(18-13)15(17)20;1-2-4-5-3-1;/h1-9,14,18H,(H2,17,20);1-5H;/q2*-1;/p+1. The molecule has 2 aromatic rings. The predicted octanol–water partition coefficient (Wildman–Crippen LogP) is 2.44. The maximum absolute atomic E-state index is 13.0. The molecule has 26 heavy (non-hydrogen) atoms. The number of allylic oxidation sites excluding steroid dienone is 2. The number of quaternary nitrogens is 1. The minimum Gasteiger partial charge on any atom is -0.343 e. The fourth-order valence-electron chi connectivity index (χ4n) is 2.71. The van der Waals surface area contributed by atoms with Crippen LogP contribution in [0.4, 0.5) is 4.39 Å². The maximum atomic E-state index is 13.0. The van der Waals surface area contributed by atoms with Crippen molar-refractivity contribution in [3.8, 4) is 0 Å². The molecular weight excluding hydrogens is 389 g/mol. The Bertz CT molecular complexity index is 763. The Morgan fingerprint density at radius 1 is 1.23 bits per heavy atom. The van der Waals surface area contributed by atoms with E-state index in [9.17, 15) is 4.39 Å². The van der Waals surface area contributed by atoms with Gasteiger partial charge < -0.3 is 5.73 Å². The number of nitrogens with one attached hydrogen (secondary N) is 2. The van der Waals surface area contributed by atoms with Gasteiger partial charge in [0.05, 0.1) is 5.70 Å². The Kier molecular flexibility index (Phi) is 7.54. The van der Waals surface area contributed by atoms with Crippen molar-refractivity contribution in [1.82, 2.24) is 5.43 Å². The molecule has 0 fully saturated rings. The van der Waals surface area contributed by atoms with Crippen molar-refractivity contribution in [3.63, 3.8) is 0 Å². The number of thiocarbonyl (C=S) groups is 1. The molecule has 0 saturated carbocycles. The van der Waals surface area contributed by atoms with Gasteiger partial charge in [0.15, 0.2) is 0 Å². The van der Waals surface area contributed by atoms with Crippen LogP contribution in [0.25, 0.3) is 5.70 Å². The molecule has 4 rings (SSSR count). The van der Waals surface area contributed by atoms with Gasteiger partial charge in [0, 0.05) is 40.9 Å². The monoisotopic (exact) mass is 408 g/mol. The molecule has 2 aromatic carbocycles. The van der Waals surface area contributed by atoms with Crippen LogP contribution >= 0.6 is 12.2 Å². The summed E-state index contributed by atoms with van der Waals surface area (Å²) in [5.41, 5.74) is 12.0. The summed E-state index contributed by atoms with van der Waals surface area (Å²) in [7, 11) is 0. The third-order valence-corrected chi connectivity index (χ3v) is 4.16. The molecule has 2 atom stereocenters. The van der Waals surface area contributed by atoms with Gasteiger partial charge in [-0.05, 0) is 24.3 Å². The number of benzene rings is 1. The van der Waals surface area contributed by atoms with Crippen molar-refractivity contribution in [3.05, 3.63) is 103 Å². The molecule has 0 aromatic heterocycles. The van der Waals surface area contributed by atoms with E-state index < -0.39 is 0 Å². The van der Waals surface area contributed by atoms with Crippen LogP contribution in [-0.2, 0) is 17.1 Å². The molecule has 6 heteroatoms. The second kappa shape index (κ2) is 9.64. The van der Waals surface area contributed by atoms with E-state index in [0.29, 0.717) is 5.11 Å². The molecule has 3 nitrogen and oxygen atoms in total. The number of halogens is 1. The van der Waals surface area contributed by atoms with Crippen LogP contribution in [-0.4, -0.2) is 5.11 Å². The first kappa shape index (κ1) is 20.3. The van der Waals surface area contributed by atoms with Crippen molar-refractivity contribution in [2.24, 2.45) is 5.73 Å². The van der Waals surface area contributed by atoms with Crippen LogP contribution in [0.1, 0.15) is 17.2 Å². The summed E-state index contributed by atoms with van der Waals surface area (Å²) in [5.74, 6) is -0.251. The zero-order valence-electron chi connectivity index (χ0n) is 13.9. The fraction of sp³-hybridized carbons (Fsp3) is 0.0500. The van der Waals surface area contributed by atoms with E-state index in [1.54, 1.807) is 12.1 Å². The topological polar surface area (TPSA) is 42.5 Å². The van der Waals surface area contributed by atoms with E-state index >= 15 is 0 Å². The average molecular weight is 408 g/mol. The first-order chi connectivity index (χ1) is 12.1. The van der Waals surface area contributed by atoms with E-state index in [1.165, 1.54) is 12.1 Å². The summed E-state index contributed by atoms with van der Waals surface area (Å²) in [6, 6.07) is 14.4. The molecule has 136 valence electrons. The Morgan fingerprint density at radius 2 is 2.00 bits per heavy atom. The van der Waals surface area contributed by atoms with Gasteiger partial charge in [-0.15, -0.1) is 18.4 Å². The molecule has 2 radical (unpaired) electrons. The Balaban J connectivity index is 0.000000351. The Labute approximate surface area is 169 Å². The number of hydrogen-bond acceptors (Lipinski definition) is 2. The van der Waals surface area contributed by atoms with Crippen molar-refractivity contribution in [1.29, 1.82) is 0 Å². The second-order valence-electron chi connectivity index (χ2n) is 5.65. The molecular formula is C20H19FFeN3S-. The third kappa shape index (κ3) is 5.02. The van der Waals surface area contributed by atoms with Crippen LogP contribution in [0.3, 0.4) is 0 Å². The van der Waals surface area contributed by atoms with E-state index in [1.807, 2.05) is 55.7 Å². The van der Waals surface area contributed by atoms with Gasteiger partial charge in [0.25, 0.3) is 5.11 Å². The van der Waals surface area contributed by atoms with Gasteiger partial charge in [-0.3, -0.25) is 0 Å². The Morgan fingerprint density at radius 3 is 2.50 bits per heavy atom. The summed E-state index contributed by atoms with van der Waals surface area (Å²) in [6.07, 6.45) is 12.1. The van der Waals surface area contributed by atoms with Gasteiger partial charge in [-0.2, -0.15) is 17.1 Å². The van der Waals surface area contributed by atoms with Gasteiger partial charge in [-0.25, -0.2) is 40.5 Å². The van der Waals surface area contributed by atoms with Crippen molar-refractivity contribution in [2.45, 2.75) is 6.04 Å². The van der Waals surface area contributed by atoms with Crippen LogP contribution in [0.5, 0.6) is 0 Å². The van der Waals surface area contributed by atoms with Crippen LogP contribution in [0.2, 0.25) is 0 Å². The molecule has 4 N–H and O–H groups in total. The molecule has 0 amide bonds. The first-order valence-electron chi connectivity index (χ1n) is 7.95. The smallest absolute Gasteiger partial charge is 0.291 e. The molecule has 0 spiro atoms. The van der Waals surface area contributed by atoms with Crippen LogP contribution < -0.4 is 16.2 Å². The van der Waals surface area contributed by atoms with Gasteiger partial charge in [-0.1, -0.05) is 0 Å². The van der Waals surface area contributed by atoms with Crippen LogP contribution in [0, 0.1) is 25.1 Å². The fourth-order valence-corrected chi connectivity index (χ4v) is 2.89. The zero-order valence-corrected chi connectivity index (χ0v) is 15.8. The minimum atomic E-state index is -0.251. The van der Waals surface area contributed by atoms with E-state index in [2.05, 4.69) is 11.5 Å². The van der Waals surface area contributed by atoms with Gasteiger partial charge in [0.1, 0.15) is 11.9 Å². The summed E-state index contributed by atoms with van der Waals surface area (Å²) < 4.78 is 13.0. The van der Waals surface area contributed by atoms with Crippen LogP contribution in [0.15, 0.2) is 66.8 Å². The molecule has 1 aliphatic heterocycles. The summed E-state index contributed by atoms with van der Waals surface area (Å²) in [4.78, 5) is 0. The Hall–Kier alpha value is -1.98. The molecule has 2 aliphatic rings. The normalized spacial score (nSPS) is 20.1. The zero-order chi connectivity index (χ0) is 17.6. The SMILES string of the molecule is NC(=S)[NH+]1NC(c2ccc(F)cc2)=CC1c1ccc[cH-]1.[CH]1[CH][CH-]C=C1.[Fe]. The summed E-state index contributed by atoms with van der Waals surface area (Å²) in [6.45, 7) is 0. The first-order valence-corrected chi connectivity index (χ1v) is 8.35. The third-order valence-electron chi connectivity index (χ3n) is 3.94. The van der Waals surface area contributed by atoms with Gasteiger partial charge in [0.2, 0.25) is 0 Å². The van der Waals surface area contributed by atoms with Crippen molar-refractivity contribution < 1.29 is 26.5 Å². The number of nitrogens with two attached hydrogens (primary N) is 1. The average Bonchev–Trinajstić information content (AvgIpc) is 3.36. The minimum absolute atomic E-state index is 0. The molecule has 0 bridgehead atoms. The maximum Gasteiger partial charge on any atom is 0.291 e. The van der Waals surface area contributed by atoms with E-state index in [0.717, 1.165) is 21.8 Å². The summed E-state index contributed by atoms with van der Waals surface area (Å²) in [5, 5.41) is 1.16. The van der Waals surface area contributed by atoms with Crippen molar-refractivity contribution in [2.75, 3.05) is 0 Å². The molecule has 0 saturated heterocycles. The van der Waals surface area contributed by atoms with E-state index in [4.69, 9.17) is 18.0 Å². The number of hydrogen-bond donors (Lipinski definition) is 3. The molecule has 2 unspecified atom stereocenters. The van der Waals surface area contributed by atoms with Gasteiger partial charge >= 0.3 is 0 Å². The van der Waals surface area contributed by atoms with E-state index in [-0.39, 0.29) is 28.9 Å². The largest absolute Gasteiger partial charge is 0.343 e.